The zero-order valence-electron chi connectivity index (χ0n) is 4.42. The minimum atomic E-state index is 0.818. The van der Waals surface area contributed by atoms with Crippen LogP contribution in [0, 0.1) is 0 Å². The Hall–Kier alpha value is -0.630. The van der Waals surface area contributed by atoms with Gasteiger partial charge in [-0.05, 0) is 12.2 Å². The summed E-state index contributed by atoms with van der Waals surface area (Å²) in [4.78, 5) is 0.958. The van der Waals surface area contributed by atoms with Gasteiger partial charge in [-0.2, -0.15) is 0 Å². The van der Waals surface area contributed by atoms with Gasteiger partial charge in [0.15, 0.2) is 0 Å². The van der Waals surface area contributed by atoms with Crippen LogP contribution in [0.4, 0.5) is 0 Å². The molecule has 1 nitrogen and oxygen atoms in total. The van der Waals surface area contributed by atoms with Crippen LogP contribution in [0.5, 0.6) is 0 Å². The van der Waals surface area contributed by atoms with E-state index in [-0.39, 0.29) is 0 Å². The van der Waals surface area contributed by atoms with E-state index in [1.54, 1.807) is 0 Å². The standard InChI is InChI=1S/C6H7NS/c7-5-1-3-6(8)4-2-5/h1-3H,4,7H2. The molecule has 0 unspecified atom stereocenters. The van der Waals surface area contributed by atoms with E-state index in [0.29, 0.717) is 0 Å². The molecule has 0 aromatic heterocycles. The third-order valence-corrected chi connectivity index (χ3v) is 1.30. The molecule has 2 heteroatoms. The minimum Gasteiger partial charge on any atom is -0.399 e. The zero-order valence-corrected chi connectivity index (χ0v) is 5.24. The highest BCUT2D eigenvalue weighted by molar-refractivity contribution is 7.80. The molecule has 1 aliphatic rings. The van der Waals surface area contributed by atoms with Crippen molar-refractivity contribution in [3.63, 3.8) is 0 Å². The highest BCUT2D eigenvalue weighted by Gasteiger charge is 1.93. The molecule has 1 aliphatic carbocycles. The number of hydrogen-bond donors (Lipinski definition) is 1. The third-order valence-electron chi connectivity index (χ3n) is 1.00. The Morgan fingerprint density at radius 1 is 1.50 bits per heavy atom. The van der Waals surface area contributed by atoms with Crippen molar-refractivity contribution in [1.82, 2.24) is 0 Å². The average Bonchev–Trinajstić information content (AvgIpc) is 1.77. The van der Waals surface area contributed by atoms with Crippen LogP contribution in [-0.2, 0) is 0 Å². The third kappa shape index (κ3) is 1.17. The highest BCUT2D eigenvalue weighted by Crippen LogP contribution is 2.01. The molecule has 0 saturated heterocycles. The van der Waals surface area contributed by atoms with Crippen LogP contribution in [0.25, 0.3) is 0 Å². The zero-order chi connectivity index (χ0) is 5.98. The Morgan fingerprint density at radius 3 is 2.62 bits per heavy atom. The Morgan fingerprint density at radius 2 is 2.25 bits per heavy atom. The highest BCUT2D eigenvalue weighted by atomic mass is 32.1. The molecule has 0 aromatic rings. The second-order valence-corrected chi connectivity index (χ2v) is 2.23. The van der Waals surface area contributed by atoms with E-state index in [1.807, 2.05) is 18.2 Å². The first-order chi connectivity index (χ1) is 3.79. The van der Waals surface area contributed by atoms with Crippen molar-refractivity contribution in [3.05, 3.63) is 23.9 Å². The van der Waals surface area contributed by atoms with E-state index in [0.717, 1.165) is 17.0 Å². The summed E-state index contributed by atoms with van der Waals surface area (Å²) in [7, 11) is 0. The molecule has 0 aliphatic heterocycles. The van der Waals surface area contributed by atoms with Gasteiger partial charge in [0.25, 0.3) is 0 Å². The van der Waals surface area contributed by atoms with Crippen molar-refractivity contribution in [1.29, 1.82) is 0 Å². The van der Waals surface area contributed by atoms with Crippen molar-refractivity contribution in [2.75, 3.05) is 0 Å². The summed E-state index contributed by atoms with van der Waals surface area (Å²) in [5.74, 6) is 0. The molecule has 0 spiro atoms. The summed E-state index contributed by atoms with van der Waals surface area (Å²) in [5.41, 5.74) is 6.23. The van der Waals surface area contributed by atoms with Crippen LogP contribution in [0.3, 0.4) is 0 Å². The SMILES string of the molecule is NC1=CCC(=S)C=C1. The topological polar surface area (TPSA) is 26.0 Å². The molecular weight excluding hydrogens is 118 g/mol. The number of thiocarbonyl (C=S) groups is 1. The number of rotatable bonds is 0. The Bertz CT molecular complexity index is 165. The predicted molar refractivity (Wildman–Crippen MR) is 38.6 cm³/mol. The van der Waals surface area contributed by atoms with Gasteiger partial charge in [0.05, 0.1) is 0 Å². The molecule has 0 radical (unpaired) electrons. The maximum Gasteiger partial charge on any atom is 0.0277 e. The Kier molecular flexibility index (Phi) is 1.44. The molecule has 0 saturated carbocycles. The van der Waals surface area contributed by atoms with Crippen LogP contribution in [-0.4, -0.2) is 4.86 Å². The Balaban J connectivity index is 2.71. The summed E-state index contributed by atoms with van der Waals surface area (Å²) in [6.07, 6.45) is 6.44. The number of allylic oxidation sites excluding steroid dienone is 3. The molecule has 0 fully saturated rings. The first-order valence-corrected chi connectivity index (χ1v) is 2.86. The first kappa shape index (κ1) is 5.51. The second-order valence-electron chi connectivity index (χ2n) is 1.71. The fourth-order valence-electron chi connectivity index (χ4n) is 0.544. The molecular formula is C6H7NS. The lowest BCUT2D eigenvalue weighted by Gasteiger charge is -1.99. The molecule has 0 amide bonds. The van der Waals surface area contributed by atoms with Crippen LogP contribution < -0.4 is 5.73 Å². The van der Waals surface area contributed by atoms with E-state index in [2.05, 4.69) is 0 Å². The van der Waals surface area contributed by atoms with Crippen molar-refractivity contribution < 1.29 is 0 Å². The number of hydrogen-bond acceptors (Lipinski definition) is 2. The average molecular weight is 125 g/mol. The smallest absolute Gasteiger partial charge is 0.0277 e. The molecule has 2 N–H and O–H groups in total. The molecule has 0 heterocycles. The fourth-order valence-corrected chi connectivity index (χ4v) is 0.695. The summed E-state index contributed by atoms with van der Waals surface area (Å²) in [6, 6.07) is 0. The van der Waals surface area contributed by atoms with E-state index in [4.69, 9.17) is 18.0 Å². The van der Waals surface area contributed by atoms with Gasteiger partial charge in [-0.3, -0.25) is 0 Å². The van der Waals surface area contributed by atoms with Gasteiger partial charge in [-0.1, -0.05) is 18.3 Å². The largest absolute Gasteiger partial charge is 0.399 e. The van der Waals surface area contributed by atoms with Crippen molar-refractivity contribution in [2.24, 2.45) is 5.73 Å². The molecule has 1 rings (SSSR count). The van der Waals surface area contributed by atoms with Gasteiger partial charge < -0.3 is 5.73 Å². The van der Waals surface area contributed by atoms with E-state index in [1.165, 1.54) is 0 Å². The van der Waals surface area contributed by atoms with Crippen LogP contribution >= 0.6 is 12.2 Å². The first-order valence-electron chi connectivity index (χ1n) is 2.45. The van der Waals surface area contributed by atoms with Gasteiger partial charge in [-0.25, -0.2) is 0 Å². The van der Waals surface area contributed by atoms with Crippen molar-refractivity contribution in [2.45, 2.75) is 6.42 Å². The van der Waals surface area contributed by atoms with E-state index >= 15 is 0 Å². The van der Waals surface area contributed by atoms with E-state index in [9.17, 15) is 0 Å². The van der Waals surface area contributed by atoms with Gasteiger partial charge >= 0.3 is 0 Å². The number of nitrogens with two attached hydrogens (primary N) is 1. The van der Waals surface area contributed by atoms with Crippen LogP contribution in [0.15, 0.2) is 23.9 Å². The fraction of sp³-hybridized carbons (Fsp3) is 0.167. The second kappa shape index (κ2) is 2.09. The van der Waals surface area contributed by atoms with Gasteiger partial charge in [0.2, 0.25) is 0 Å². The minimum absolute atomic E-state index is 0.818. The van der Waals surface area contributed by atoms with E-state index < -0.39 is 0 Å². The maximum absolute atomic E-state index is 5.41. The molecule has 0 aromatic carbocycles. The summed E-state index contributed by atoms with van der Waals surface area (Å²) in [6.45, 7) is 0. The molecule has 8 heavy (non-hydrogen) atoms. The Labute approximate surface area is 53.9 Å². The normalized spacial score (nSPS) is 18.5. The molecule has 0 atom stereocenters. The van der Waals surface area contributed by atoms with Gasteiger partial charge in [-0.15, -0.1) is 0 Å². The summed E-state index contributed by atoms with van der Waals surface area (Å²) >= 11 is 4.87. The van der Waals surface area contributed by atoms with Crippen molar-refractivity contribution >= 4 is 17.1 Å². The summed E-state index contributed by atoms with van der Waals surface area (Å²) < 4.78 is 0. The van der Waals surface area contributed by atoms with Gasteiger partial charge in [0, 0.05) is 17.0 Å². The van der Waals surface area contributed by atoms with Gasteiger partial charge in [0.1, 0.15) is 0 Å². The maximum atomic E-state index is 5.41. The lowest BCUT2D eigenvalue weighted by molar-refractivity contribution is 1.33. The summed E-state index contributed by atoms with van der Waals surface area (Å²) in [5, 5.41) is 0. The monoisotopic (exact) mass is 125 g/mol. The van der Waals surface area contributed by atoms with Crippen LogP contribution in [0.1, 0.15) is 6.42 Å². The van der Waals surface area contributed by atoms with Crippen LogP contribution in [0.2, 0.25) is 0 Å². The predicted octanol–water partition coefficient (Wildman–Crippen LogP) is 1.16. The van der Waals surface area contributed by atoms with Crippen molar-refractivity contribution in [3.8, 4) is 0 Å². The lowest BCUT2D eigenvalue weighted by Crippen LogP contribution is -2.00. The molecule has 42 valence electrons. The quantitative estimate of drug-likeness (QED) is 0.492. The molecule has 0 bridgehead atoms. The lowest BCUT2D eigenvalue weighted by atomic mass is 10.1.